The van der Waals surface area contributed by atoms with Crippen molar-refractivity contribution in [3.8, 4) is 0 Å². The van der Waals surface area contributed by atoms with E-state index < -0.39 is 0 Å². The molecule has 0 aliphatic heterocycles. The van der Waals surface area contributed by atoms with Gasteiger partial charge in [-0.3, -0.25) is 0 Å². The Bertz CT molecular complexity index is 772. The van der Waals surface area contributed by atoms with Gasteiger partial charge in [0.2, 0.25) is 0 Å². The molecule has 0 bridgehead atoms. The van der Waals surface area contributed by atoms with E-state index in [4.69, 9.17) is 8.83 Å². The van der Waals surface area contributed by atoms with E-state index in [-0.39, 0.29) is 0 Å². The van der Waals surface area contributed by atoms with Crippen molar-refractivity contribution in [3.05, 3.63) is 47.7 Å². The Hall–Kier alpha value is -2.23. The maximum absolute atomic E-state index is 5.65. The Morgan fingerprint density at radius 2 is 2.29 bits per heavy atom. The second-order valence-corrected chi connectivity index (χ2v) is 5.53. The van der Waals surface area contributed by atoms with Crippen LogP contribution >= 0.6 is 0 Å². The van der Waals surface area contributed by atoms with Gasteiger partial charge in [-0.15, -0.1) is 0 Å². The third kappa shape index (κ3) is 2.20. The summed E-state index contributed by atoms with van der Waals surface area (Å²) in [5, 5.41) is 3.60. The largest absolute Gasteiger partial charge is 0.469 e. The minimum atomic E-state index is 0.322. The van der Waals surface area contributed by atoms with Gasteiger partial charge in [0.15, 0.2) is 11.5 Å². The summed E-state index contributed by atoms with van der Waals surface area (Å²) in [6.45, 7) is 2.05. The lowest BCUT2D eigenvalue weighted by molar-refractivity contribution is 0.461. The topological polar surface area (TPSA) is 51.2 Å². The van der Waals surface area contributed by atoms with E-state index >= 15 is 0 Å². The molecule has 4 heteroatoms. The lowest BCUT2D eigenvalue weighted by Crippen LogP contribution is -2.15. The Morgan fingerprint density at radius 1 is 1.33 bits per heavy atom. The van der Waals surface area contributed by atoms with E-state index in [9.17, 15) is 0 Å². The number of aryl methyl sites for hydroxylation is 2. The first-order valence-electron chi connectivity index (χ1n) is 7.56. The Kier molecular flexibility index (Phi) is 2.95. The van der Waals surface area contributed by atoms with Crippen LogP contribution in [0.4, 0.5) is 5.69 Å². The van der Waals surface area contributed by atoms with Gasteiger partial charge in [-0.05, 0) is 37.1 Å². The van der Waals surface area contributed by atoms with Gasteiger partial charge in [-0.25, -0.2) is 4.98 Å². The molecule has 0 saturated heterocycles. The van der Waals surface area contributed by atoms with Crippen LogP contribution in [0.15, 0.2) is 39.4 Å². The predicted molar refractivity (Wildman–Crippen MR) is 81.4 cm³/mol. The monoisotopic (exact) mass is 282 g/mol. The van der Waals surface area contributed by atoms with Crippen LogP contribution in [-0.4, -0.2) is 4.98 Å². The summed E-state index contributed by atoms with van der Waals surface area (Å²) in [7, 11) is 0. The molecule has 3 aromatic rings. The Labute approximate surface area is 123 Å². The Balaban J connectivity index is 1.63. The molecule has 1 aliphatic rings. The molecule has 4 rings (SSSR count). The summed E-state index contributed by atoms with van der Waals surface area (Å²) in [5.74, 6) is 1.91. The van der Waals surface area contributed by atoms with Gasteiger partial charge in [-0.1, -0.05) is 6.92 Å². The van der Waals surface area contributed by atoms with Gasteiger partial charge < -0.3 is 14.2 Å². The second kappa shape index (κ2) is 4.95. The first kappa shape index (κ1) is 12.5. The van der Waals surface area contributed by atoms with Crippen molar-refractivity contribution in [2.24, 2.45) is 0 Å². The van der Waals surface area contributed by atoms with E-state index in [0.29, 0.717) is 6.04 Å². The van der Waals surface area contributed by atoms with Crippen LogP contribution in [-0.2, 0) is 12.8 Å². The maximum Gasteiger partial charge on any atom is 0.195 e. The van der Waals surface area contributed by atoms with E-state index in [1.165, 1.54) is 5.56 Å². The molecule has 0 radical (unpaired) electrons. The quantitative estimate of drug-likeness (QED) is 0.770. The molecular weight excluding hydrogens is 264 g/mol. The molecule has 1 N–H and O–H groups in total. The van der Waals surface area contributed by atoms with Crippen molar-refractivity contribution < 1.29 is 8.83 Å². The zero-order valence-corrected chi connectivity index (χ0v) is 12.1. The summed E-state index contributed by atoms with van der Waals surface area (Å²) < 4.78 is 11.2. The average molecular weight is 282 g/mol. The van der Waals surface area contributed by atoms with Crippen LogP contribution in [0, 0.1) is 0 Å². The molecule has 1 unspecified atom stereocenters. The summed E-state index contributed by atoms with van der Waals surface area (Å²) in [4.78, 5) is 4.49. The fourth-order valence-corrected chi connectivity index (χ4v) is 3.05. The number of hydrogen-bond donors (Lipinski definition) is 1. The first-order valence-corrected chi connectivity index (χ1v) is 7.56. The van der Waals surface area contributed by atoms with Crippen LogP contribution in [0.25, 0.3) is 11.1 Å². The summed E-state index contributed by atoms with van der Waals surface area (Å²) >= 11 is 0. The van der Waals surface area contributed by atoms with Crippen molar-refractivity contribution in [1.82, 2.24) is 4.98 Å². The SMILES string of the molecule is CCc1nc2cc(NC3CCCc4occc43)ccc2o1. The number of furan rings is 1. The van der Waals surface area contributed by atoms with Gasteiger partial charge >= 0.3 is 0 Å². The third-order valence-corrected chi connectivity index (χ3v) is 4.13. The van der Waals surface area contributed by atoms with Crippen LogP contribution < -0.4 is 5.32 Å². The second-order valence-electron chi connectivity index (χ2n) is 5.53. The molecule has 21 heavy (non-hydrogen) atoms. The normalized spacial score (nSPS) is 17.9. The number of fused-ring (bicyclic) bond motifs is 2. The molecule has 4 nitrogen and oxygen atoms in total. The molecule has 1 aromatic carbocycles. The molecule has 2 heterocycles. The number of nitrogens with zero attached hydrogens (tertiary/aromatic N) is 1. The van der Waals surface area contributed by atoms with Gasteiger partial charge in [0.25, 0.3) is 0 Å². The minimum absolute atomic E-state index is 0.322. The van der Waals surface area contributed by atoms with E-state index in [0.717, 1.165) is 54.1 Å². The summed E-state index contributed by atoms with van der Waals surface area (Å²) in [6.07, 6.45) is 5.94. The van der Waals surface area contributed by atoms with Crippen molar-refractivity contribution in [3.63, 3.8) is 0 Å². The van der Waals surface area contributed by atoms with Crippen LogP contribution in [0.5, 0.6) is 0 Å². The van der Waals surface area contributed by atoms with E-state index in [1.807, 2.05) is 13.0 Å². The molecule has 1 aliphatic carbocycles. The van der Waals surface area contributed by atoms with Crippen molar-refractivity contribution in [2.75, 3.05) is 5.32 Å². The lowest BCUT2D eigenvalue weighted by atomic mass is 9.93. The smallest absolute Gasteiger partial charge is 0.195 e. The highest BCUT2D eigenvalue weighted by Gasteiger charge is 2.22. The molecular formula is C17H18N2O2. The molecule has 108 valence electrons. The van der Waals surface area contributed by atoms with Crippen molar-refractivity contribution in [1.29, 1.82) is 0 Å². The number of hydrogen-bond acceptors (Lipinski definition) is 4. The fraction of sp³-hybridized carbons (Fsp3) is 0.353. The predicted octanol–water partition coefficient (Wildman–Crippen LogP) is 4.47. The first-order chi connectivity index (χ1) is 10.3. The van der Waals surface area contributed by atoms with Crippen LogP contribution in [0.1, 0.15) is 43.0 Å². The van der Waals surface area contributed by atoms with Crippen molar-refractivity contribution in [2.45, 2.75) is 38.6 Å². The van der Waals surface area contributed by atoms with E-state index in [1.54, 1.807) is 6.26 Å². The molecule has 2 aromatic heterocycles. The summed E-state index contributed by atoms with van der Waals surface area (Å²) in [5.41, 5.74) is 4.14. The number of benzene rings is 1. The molecule has 0 fully saturated rings. The standard InChI is InChI=1S/C17H18N2O2/c1-2-17-19-14-10-11(6-7-16(14)21-17)18-13-4-3-5-15-12(13)8-9-20-15/h6-10,13,18H,2-5H2,1H3. The Morgan fingerprint density at radius 3 is 3.19 bits per heavy atom. The van der Waals surface area contributed by atoms with Gasteiger partial charge in [0.05, 0.1) is 12.3 Å². The van der Waals surface area contributed by atoms with Gasteiger partial charge in [-0.2, -0.15) is 0 Å². The number of oxazole rings is 1. The highest BCUT2D eigenvalue weighted by molar-refractivity contribution is 5.77. The van der Waals surface area contributed by atoms with Crippen LogP contribution in [0.2, 0.25) is 0 Å². The minimum Gasteiger partial charge on any atom is -0.469 e. The summed E-state index contributed by atoms with van der Waals surface area (Å²) in [6, 6.07) is 8.51. The zero-order valence-electron chi connectivity index (χ0n) is 12.1. The van der Waals surface area contributed by atoms with Gasteiger partial charge in [0.1, 0.15) is 11.3 Å². The average Bonchev–Trinajstić information content (AvgIpc) is 3.13. The highest BCUT2D eigenvalue weighted by atomic mass is 16.3. The number of anilines is 1. The molecule has 0 spiro atoms. The molecule has 1 atom stereocenters. The van der Waals surface area contributed by atoms with Gasteiger partial charge in [0, 0.05) is 24.1 Å². The van der Waals surface area contributed by atoms with Crippen molar-refractivity contribution >= 4 is 16.8 Å². The van der Waals surface area contributed by atoms with E-state index in [2.05, 4.69) is 28.5 Å². The lowest BCUT2D eigenvalue weighted by Gasteiger charge is -2.23. The zero-order chi connectivity index (χ0) is 14.2. The maximum atomic E-state index is 5.65. The van der Waals surface area contributed by atoms with Crippen LogP contribution in [0.3, 0.4) is 0 Å². The highest BCUT2D eigenvalue weighted by Crippen LogP contribution is 2.33. The number of nitrogens with one attached hydrogen (secondary N) is 1. The number of aromatic nitrogens is 1. The number of rotatable bonds is 3. The molecule has 0 saturated carbocycles. The third-order valence-electron chi connectivity index (χ3n) is 4.13. The fourth-order valence-electron chi connectivity index (χ4n) is 3.05. The molecule has 0 amide bonds.